The number of nitrogens with zero attached hydrogens (tertiary/aromatic N) is 3. The third-order valence-electron chi connectivity index (χ3n) is 5.71. The number of likely N-dealkylation sites (tertiary alicyclic amines) is 1. The Labute approximate surface area is 167 Å². The molecule has 0 spiro atoms. The van der Waals surface area contributed by atoms with Gasteiger partial charge < -0.3 is 19.9 Å². The number of benzene rings is 1. The van der Waals surface area contributed by atoms with Gasteiger partial charge in [0.2, 0.25) is 11.8 Å². The van der Waals surface area contributed by atoms with Gasteiger partial charge in [-0.2, -0.15) is 0 Å². The quantitative estimate of drug-likeness (QED) is 0.714. The van der Waals surface area contributed by atoms with E-state index in [0.29, 0.717) is 13.1 Å². The van der Waals surface area contributed by atoms with E-state index >= 15 is 0 Å². The summed E-state index contributed by atoms with van der Waals surface area (Å²) in [6, 6.07) is 7.87. The van der Waals surface area contributed by atoms with Crippen LogP contribution in [0.5, 0.6) is 5.75 Å². The maximum absolute atomic E-state index is 12.3. The Morgan fingerprint density at radius 2 is 1.89 bits per heavy atom. The number of nitrogens with one attached hydrogen (secondary N) is 1. The van der Waals surface area contributed by atoms with Crippen LogP contribution in [0.25, 0.3) is 0 Å². The number of anilines is 1. The van der Waals surface area contributed by atoms with E-state index in [0.717, 1.165) is 63.4 Å². The minimum atomic E-state index is -0.276. The first-order valence-electron chi connectivity index (χ1n) is 10.3. The molecule has 1 N–H and O–H groups in total. The van der Waals surface area contributed by atoms with Crippen LogP contribution in [0.1, 0.15) is 26.2 Å². The van der Waals surface area contributed by atoms with Gasteiger partial charge in [-0.05, 0) is 37.9 Å². The number of ether oxygens (including phenoxy) is 1. The van der Waals surface area contributed by atoms with Crippen molar-refractivity contribution in [3.63, 3.8) is 0 Å². The summed E-state index contributed by atoms with van der Waals surface area (Å²) in [4.78, 5) is 30.4. The number of para-hydroxylation sites is 2. The molecule has 0 bridgehead atoms. The molecule has 154 valence electrons. The lowest BCUT2D eigenvalue weighted by molar-refractivity contribution is -0.136. The molecule has 7 nitrogen and oxygen atoms in total. The van der Waals surface area contributed by atoms with E-state index in [1.165, 1.54) is 6.92 Å². The highest BCUT2D eigenvalue weighted by atomic mass is 16.5. The molecule has 0 saturated carbocycles. The summed E-state index contributed by atoms with van der Waals surface area (Å²) in [5, 5.41) is 3.01. The average molecular weight is 389 g/mol. The molecule has 2 saturated heterocycles. The highest BCUT2D eigenvalue weighted by molar-refractivity contribution is 5.87. The van der Waals surface area contributed by atoms with Gasteiger partial charge >= 0.3 is 0 Å². The summed E-state index contributed by atoms with van der Waals surface area (Å²) in [6.45, 7) is 7.83. The van der Waals surface area contributed by atoms with Crippen LogP contribution in [0.15, 0.2) is 24.3 Å². The number of piperazine rings is 1. The largest absolute Gasteiger partial charge is 0.495 e. The Bertz CT molecular complexity index is 673. The summed E-state index contributed by atoms with van der Waals surface area (Å²) in [5.41, 5.74) is 1.16. The molecule has 7 heteroatoms. The first kappa shape index (κ1) is 20.5. The van der Waals surface area contributed by atoms with Crippen LogP contribution >= 0.6 is 0 Å². The SMILES string of the molecule is COc1ccccc1N1CCN(CCCNC(=O)C2CCCN2C(C)=O)CC1. The Morgan fingerprint density at radius 1 is 1.14 bits per heavy atom. The van der Waals surface area contributed by atoms with Crippen molar-refractivity contribution in [3.05, 3.63) is 24.3 Å². The standard InChI is InChI=1S/C21H32N4O3/c1-17(26)25-12-5-8-19(25)21(27)22-10-6-11-23-13-15-24(16-14-23)18-7-3-4-9-20(18)28-2/h3-4,7,9,19H,5-6,8,10-16H2,1-2H3,(H,22,27). The number of hydrogen-bond donors (Lipinski definition) is 1. The van der Waals surface area contributed by atoms with E-state index in [-0.39, 0.29) is 17.9 Å². The molecule has 1 atom stereocenters. The zero-order valence-corrected chi connectivity index (χ0v) is 17.0. The van der Waals surface area contributed by atoms with E-state index < -0.39 is 0 Å². The molecule has 2 heterocycles. The van der Waals surface area contributed by atoms with Gasteiger partial charge in [0.15, 0.2) is 0 Å². The van der Waals surface area contributed by atoms with Crippen molar-refractivity contribution in [2.75, 3.05) is 57.8 Å². The smallest absolute Gasteiger partial charge is 0.242 e. The average Bonchev–Trinajstić information content (AvgIpc) is 3.22. The number of methoxy groups -OCH3 is 1. The second kappa shape index (κ2) is 9.78. The van der Waals surface area contributed by atoms with Gasteiger partial charge in [-0.1, -0.05) is 12.1 Å². The molecular formula is C21H32N4O3. The van der Waals surface area contributed by atoms with Gasteiger partial charge in [0.05, 0.1) is 12.8 Å². The first-order chi connectivity index (χ1) is 13.6. The van der Waals surface area contributed by atoms with Gasteiger partial charge in [-0.3, -0.25) is 14.5 Å². The van der Waals surface area contributed by atoms with E-state index in [1.807, 2.05) is 18.2 Å². The first-order valence-corrected chi connectivity index (χ1v) is 10.3. The number of carbonyl (C=O) groups is 2. The van der Waals surface area contributed by atoms with Crippen molar-refractivity contribution in [1.29, 1.82) is 0 Å². The fourth-order valence-electron chi connectivity index (χ4n) is 4.15. The third-order valence-corrected chi connectivity index (χ3v) is 5.71. The van der Waals surface area contributed by atoms with E-state index in [9.17, 15) is 9.59 Å². The van der Waals surface area contributed by atoms with Gasteiger partial charge in [-0.25, -0.2) is 0 Å². The lowest BCUT2D eigenvalue weighted by atomic mass is 10.2. The Morgan fingerprint density at radius 3 is 2.61 bits per heavy atom. The van der Waals surface area contributed by atoms with Gasteiger partial charge in [-0.15, -0.1) is 0 Å². The molecule has 2 aliphatic rings. The topological polar surface area (TPSA) is 65.1 Å². The second-order valence-electron chi connectivity index (χ2n) is 7.52. The molecule has 1 unspecified atom stereocenters. The van der Waals surface area contributed by atoms with Crippen LogP contribution < -0.4 is 15.0 Å². The number of hydrogen-bond acceptors (Lipinski definition) is 5. The number of carbonyl (C=O) groups excluding carboxylic acids is 2. The van der Waals surface area contributed by atoms with Crippen molar-refractivity contribution in [2.45, 2.75) is 32.2 Å². The molecule has 1 aromatic rings. The molecular weight excluding hydrogens is 356 g/mol. The van der Waals surface area contributed by atoms with Crippen LogP contribution in [0.2, 0.25) is 0 Å². The Hall–Kier alpha value is -2.28. The van der Waals surface area contributed by atoms with Gasteiger partial charge in [0, 0.05) is 46.2 Å². The highest BCUT2D eigenvalue weighted by Gasteiger charge is 2.32. The molecule has 2 amide bonds. The zero-order chi connectivity index (χ0) is 19.9. The van der Waals surface area contributed by atoms with Crippen molar-refractivity contribution < 1.29 is 14.3 Å². The normalized spacial score (nSPS) is 20.3. The van der Waals surface area contributed by atoms with Crippen LogP contribution in [-0.4, -0.2) is 80.6 Å². The zero-order valence-electron chi connectivity index (χ0n) is 17.0. The maximum Gasteiger partial charge on any atom is 0.242 e. The van der Waals surface area contributed by atoms with Crippen LogP contribution in [0, 0.1) is 0 Å². The van der Waals surface area contributed by atoms with Crippen molar-refractivity contribution in [2.24, 2.45) is 0 Å². The van der Waals surface area contributed by atoms with Crippen molar-refractivity contribution >= 4 is 17.5 Å². The molecule has 1 aromatic carbocycles. The lowest BCUT2D eigenvalue weighted by Crippen LogP contribution is -2.48. The number of rotatable bonds is 7. The molecule has 2 fully saturated rings. The monoisotopic (exact) mass is 388 g/mol. The number of amides is 2. The summed E-state index contributed by atoms with van der Waals surface area (Å²) >= 11 is 0. The fraction of sp³-hybridized carbons (Fsp3) is 0.619. The molecule has 0 aromatic heterocycles. The second-order valence-corrected chi connectivity index (χ2v) is 7.52. The fourth-order valence-corrected chi connectivity index (χ4v) is 4.15. The third kappa shape index (κ3) is 4.95. The predicted octanol–water partition coefficient (Wildman–Crippen LogP) is 1.33. The molecule has 0 aliphatic carbocycles. The summed E-state index contributed by atoms with van der Waals surface area (Å²) < 4.78 is 5.47. The Kier molecular flexibility index (Phi) is 7.14. The van der Waals surface area contributed by atoms with E-state index in [2.05, 4.69) is 21.2 Å². The summed E-state index contributed by atoms with van der Waals surface area (Å²) in [5.74, 6) is 0.907. The molecule has 2 aliphatic heterocycles. The van der Waals surface area contributed by atoms with Crippen LogP contribution in [-0.2, 0) is 9.59 Å². The van der Waals surface area contributed by atoms with Crippen LogP contribution in [0.4, 0.5) is 5.69 Å². The van der Waals surface area contributed by atoms with E-state index in [4.69, 9.17) is 4.74 Å². The molecule has 0 radical (unpaired) electrons. The molecule has 3 rings (SSSR count). The van der Waals surface area contributed by atoms with E-state index in [1.54, 1.807) is 12.0 Å². The minimum Gasteiger partial charge on any atom is -0.495 e. The van der Waals surface area contributed by atoms with Gasteiger partial charge in [0.25, 0.3) is 0 Å². The summed E-state index contributed by atoms with van der Waals surface area (Å²) in [6.07, 6.45) is 2.61. The van der Waals surface area contributed by atoms with Crippen LogP contribution in [0.3, 0.4) is 0 Å². The maximum atomic E-state index is 12.3. The summed E-state index contributed by atoms with van der Waals surface area (Å²) in [7, 11) is 1.71. The predicted molar refractivity (Wildman–Crippen MR) is 110 cm³/mol. The highest BCUT2D eigenvalue weighted by Crippen LogP contribution is 2.28. The molecule has 28 heavy (non-hydrogen) atoms. The lowest BCUT2D eigenvalue weighted by Gasteiger charge is -2.36. The van der Waals surface area contributed by atoms with Crippen molar-refractivity contribution in [3.8, 4) is 5.75 Å². The Balaban J connectivity index is 1.36. The minimum absolute atomic E-state index is 0.00584. The van der Waals surface area contributed by atoms with Crippen molar-refractivity contribution in [1.82, 2.24) is 15.1 Å². The van der Waals surface area contributed by atoms with Gasteiger partial charge in [0.1, 0.15) is 11.8 Å².